The highest BCUT2D eigenvalue weighted by molar-refractivity contribution is 14.0. The molecule has 2 heterocycles. The fourth-order valence-electron chi connectivity index (χ4n) is 3.09. The van der Waals surface area contributed by atoms with Gasteiger partial charge < -0.3 is 19.7 Å². The van der Waals surface area contributed by atoms with Crippen LogP contribution in [0.25, 0.3) is 5.69 Å². The van der Waals surface area contributed by atoms with Crippen molar-refractivity contribution in [1.82, 2.24) is 20.0 Å². The maximum Gasteiger partial charge on any atom is 0.193 e. The summed E-state index contributed by atoms with van der Waals surface area (Å²) in [6.07, 6.45) is 3.08. The van der Waals surface area contributed by atoms with Crippen molar-refractivity contribution in [1.29, 1.82) is 0 Å². The first-order valence-electron chi connectivity index (χ1n) is 8.88. The lowest BCUT2D eigenvalue weighted by Gasteiger charge is -2.24. The second-order valence-electron chi connectivity index (χ2n) is 6.46. The Bertz CT molecular complexity index is 726. The molecule has 27 heavy (non-hydrogen) atoms. The zero-order valence-electron chi connectivity index (χ0n) is 16.1. The minimum atomic E-state index is 0. The molecule has 1 N–H and O–H groups in total. The molecule has 3 rings (SSSR count). The maximum absolute atomic E-state index is 5.45. The smallest absolute Gasteiger partial charge is 0.193 e. The standard InChI is InChI=1S/C19H27N5O2.HI/c1-20-19(23(2)13-15-9-11-26-14-15)21-12-16-8-10-24(22-16)17-4-6-18(25-3)7-5-17;/h4-8,10,15H,9,11-14H2,1-3H3,(H,20,21);1H. The van der Waals surface area contributed by atoms with Gasteiger partial charge in [0, 0.05) is 39.4 Å². The molecule has 1 saturated heterocycles. The lowest BCUT2D eigenvalue weighted by molar-refractivity contribution is 0.181. The molecule has 1 aromatic heterocycles. The first kappa shape index (κ1) is 21.5. The fraction of sp³-hybridized carbons (Fsp3) is 0.474. The maximum atomic E-state index is 5.45. The third kappa shape index (κ3) is 5.83. The lowest BCUT2D eigenvalue weighted by Crippen LogP contribution is -2.41. The Morgan fingerprint density at radius 2 is 2.15 bits per heavy atom. The van der Waals surface area contributed by atoms with E-state index in [4.69, 9.17) is 9.47 Å². The summed E-state index contributed by atoms with van der Waals surface area (Å²) in [6, 6.07) is 9.84. The van der Waals surface area contributed by atoms with Crippen LogP contribution in [0.1, 0.15) is 12.1 Å². The Hall–Kier alpha value is -1.81. The van der Waals surface area contributed by atoms with Crippen LogP contribution in [0.5, 0.6) is 5.75 Å². The number of ether oxygens (including phenoxy) is 2. The average molecular weight is 485 g/mol. The molecule has 0 bridgehead atoms. The molecule has 7 nitrogen and oxygen atoms in total. The van der Waals surface area contributed by atoms with Crippen LogP contribution in [0, 0.1) is 5.92 Å². The van der Waals surface area contributed by atoms with Crippen molar-refractivity contribution in [3.63, 3.8) is 0 Å². The molecule has 1 atom stereocenters. The van der Waals surface area contributed by atoms with E-state index in [1.165, 1.54) is 0 Å². The second kappa shape index (κ2) is 10.5. The van der Waals surface area contributed by atoms with Gasteiger partial charge in [0.15, 0.2) is 5.96 Å². The van der Waals surface area contributed by atoms with E-state index in [1.807, 2.05) is 41.2 Å². The third-order valence-corrected chi connectivity index (χ3v) is 4.54. The van der Waals surface area contributed by atoms with Crippen molar-refractivity contribution < 1.29 is 9.47 Å². The summed E-state index contributed by atoms with van der Waals surface area (Å²) in [6.45, 7) is 3.28. The number of rotatable bonds is 6. The Balaban J connectivity index is 0.00000261. The third-order valence-electron chi connectivity index (χ3n) is 4.54. The minimum Gasteiger partial charge on any atom is -0.497 e. The molecule has 1 fully saturated rings. The average Bonchev–Trinajstić information content (AvgIpc) is 3.34. The van der Waals surface area contributed by atoms with Crippen LogP contribution in [0.3, 0.4) is 0 Å². The van der Waals surface area contributed by atoms with Crippen LogP contribution in [0.2, 0.25) is 0 Å². The number of halogens is 1. The van der Waals surface area contributed by atoms with Crippen LogP contribution in [0.15, 0.2) is 41.5 Å². The van der Waals surface area contributed by atoms with Crippen LogP contribution >= 0.6 is 24.0 Å². The largest absolute Gasteiger partial charge is 0.497 e. The molecular formula is C19H28IN5O2. The molecule has 1 aliphatic heterocycles. The van der Waals surface area contributed by atoms with Gasteiger partial charge in [-0.3, -0.25) is 4.99 Å². The molecular weight excluding hydrogens is 457 g/mol. The number of guanidine groups is 1. The van der Waals surface area contributed by atoms with Gasteiger partial charge in [0.2, 0.25) is 0 Å². The summed E-state index contributed by atoms with van der Waals surface area (Å²) in [7, 11) is 5.53. The molecule has 1 aromatic carbocycles. The number of aromatic nitrogens is 2. The van der Waals surface area contributed by atoms with E-state index >= 15 is 0 Å². The van der Waals surface area contributed by atoms with Gasteiger partial charge in [0.25, 0.3) is 0 Å². The molecule has 8 heteroatoms. The van der Waals surface area contributed by atoms with Crippen LogP contribution in [0.4, 0.5) is 0 Å². The van der Waals surface area contributed by atoms with E-state index in [-0.39, 0.29) is 24.0 Å². The highest BCUT2D eigenvalue weighted by Gasteiger charge is 2.19. The lowest BCUT2D eigenvalue weighted by atomic mass is 10.1. The van der Waals surface area contributed by atoms with E-state index in [0.29, 0.717) is 12.5 Å². The van der Waals surface area contributed by atoms with E-state index in [1.54, 1.807) is 14.2 Å². The van der Waals surface area contributed by atoms with Crippen molar-refractivity contribution in [3.8, 4) is 11.4 Å². The van der Waals surface area contributed by atoms with E-state index in [9.17, 15) is 0 Å². The monoisotopic (exact) mass is 485 g/mol. The Morgan fingerprint density at radius 3 is 2.78 bits per heavy atom. The highest BCUT2D eigenvalue weighted by Crippen LogP contribution is 2.15. The molecule has 1 unspecified atom stereocenters. The first-order valence-corrected chi connectivity index (χ1v) is 8.88. The number of aliphatic imine (C=N–C) groups is 1. The molecule has 0 aliphatic carbocycles. The molecule has 0 radical (unpaired) electrons. The summed E-state index contributed by atoms with van der Waals surface area (Å²) >= 11 is 0. The van der Waals surface area contributed by atoms with Crippen molar-refractivity contribution in [2.45, 2.75) is 13.0 Å². The molecule has 1 aliphatic rings. The highest BCUT2D eigenvalue weighted by atomic mass is 127. The topological polar surface area (TPSA) is 63.9 Å². The Labute approximate surface area is 177 Å². The minimum absolute atomic E-state index is 0. The quantitative estimate of drug-likeness (QED) is 0.387. The van der Waals surface area contributed by atoms with Crippen molar-refractivity contribution in [3.05, 3.63) is 42.2 Å². The van der Waals surface area contributed by atoms with E-state index in [0.717, 1.165) is 49.3 Å². The van der Waals surface area contributed by atoms with Gasteiger partial charge in [0.05, 0.1) is 31.6 Å². The van der Waals surface area contributed by atoms with Gasteiger partial charge in [-0.05, 0) is 36.8 Å². The van der Waals surface area contributed by atoms with Gasteiger partial charge in [0.1, 0.15) is 5.75 Å². The number of hydrogen-bond donors (Lipinski definition) is 1. The number of hydrogen-bond acceptors (Lipinski definition) is 4. The SMILES string of the molecule is CN=C(NCc1ccn(-c2ccc(OC)cc2)n1)N(C)CC1CCOC1.I. The Morgan fingerprint density at radius 1 is 1.37 bits per heavy atom. The van der Waals surface area contributed by atoms with Crippen molar-refractivity contribution in [2.24, 2.45) is 10.9 Å². The normalized spacial score (nSPS) is 16.7. The predicted molar refractivity (Wildman–Crippen MR) is 117 cm³/mol. The van der Waals surface area contributed by atoms with Crippen LogP contribution in [-0.2, 0) is 11.3 Å². The van der Waals surface area contributed by atoms with Gasteiger partial charge in [-0.25, -0.2) is 4.68 Å². The number of benzene rings is 1. The molecule has 0 saturated carbocycles. The van der Waals surface area contributed by atoms with Gasteiger partial charge >= 0.3 is 0 Å². The number of nitrogens with zero attached hydrogens (tertiary/aromatic N) is 4. The van der Waals surface area contributed by atoms with E-state index in [2.05, 4.69) is 27.4 Å². The van der Waals surface area contributed by atoms with Crippen LogP contribution < -0.4 is 10.1 Å². The van der Waals surface area contributed by atoms with Gasteiger partial charge in [-0.2, -0.15) is 5.10 Å². The van der Waals surface area contributed by atoms with Crippen LogP contribution in [-0.4, -0.2) is 61.6 Å². The summed E-state index contributed by atoms with van der Waals surface area (Å²) < 4.78 is 12.5. The molecule has 148 valence electrons. The zero-order valence-corrected chi connectivity index (χ0v) is 18.4. The fourth-order valence-corrected chi connectivity index (χ4v) is 3.09. The predicted octanol–water partition coefficient (Wildman–Crippen LogP) is 2.54. The molecule has 2 aromatic rings. The van der Waals surface area contributed by atoms with E-state index < -0.39 is 0 Å². The summed E-state index contributed by atoms with van der Waals surface area (Å²) in [4.78, 5) is 6.52. The zero-order chi connectivity index (χ0) is 18.4. The Kier molecular flexibility index (Phi) is 8.36. The molecule has 0 spiro atoms. The molecule has 0 amide bonds. The van der Waals surface area contributed by atoms with Crippen molar-refractivity contribution >= 4 is 29.9 Å². The van der Waals surface area contributed by atoms with Gasteiger partial charge in [-0.15, -0.1) is 24.0 Å². The first-order chi connectivity index (χ1) is 12.7. The second-order valence-corrected chi connectivity index (χ2v) is 6.46. The summed E-state index contributed by atoms with van der Waals surface area (Å²) in [5.41, 5.74) is 1.96. The summed E-state index contributed by atoms with van der Waals surface area (Å²) in [5, 5.41) is 8.01. The number of methoxy groups -OCH3 is 1. The number of nitrogens with one attached hydrogen (secondary N) is 1. The summed E-state index contributed by atoms with van der Waals surface area (Å²) in [5.74, 6) is 2.28. The van der Waals surface area contributed by atoms with Crippen molar-refractivity contribution in [2.75, 3.05) is 41.0 Å². The van der Waals surface area contributed by atoms with Gasteiger partial charge in [-0.1, -0.05) is 0 Å².